The summed E-state index contributed by atoms with van der Waals surface area (Å²) in [4.78, 5) is 0. The van der Waals surface area contributed by atoms with E-state index >= 15 is 0 Å². The average molecular weight is 220 g/mol. The number of benzene rings is 1. The molecule has 1 aliphatic rings. The molecule has 0 bridgehead atoms. The predicted molar refractivity (Wildman–Crippen MR) is 65.2 cm³/mol. The molecule has 2 rings (SSSR count). The van der Waals surface area contributed by atoms with Crippen LogP contribution in [-0.2, 0) is 6.54 Å². The highest BCUT2D eigenvalue weighted by Crippen LogP contribution is 2.23. The van der Waals surface area contributed by atoms with E-state index in [4.69, 9.17) is 16.2 Å². The van der Waals surface area contributed by atoms with E-state index in [9.17, 15) is 0 Å². The first-order chi connectivity index (χ1) is 7.78. The van der Waals surface area contributed by atoms with Crippen molar-refractivity contribution in [3.8, 4) is 5.75 Å². The van der Waals surface area contributed by atoms with E-state index in [-0.39, 0.29) is 0 Å². The van der Waals surface area contributed by atoms with Crippen molar-refractivity contribution in [1.82, 2.24) is 0 Å². The van der Waals surface area contributed by atoms with Crippen molar-refractivity contribution in [2.75, 3.05) is 0 Å². The summed E-state index contributed by atoms with van der Waals surface area (Å²) >= 11 is 0. The summed E-state index contributed by atoms with van der Waals surface area (Å²) in [6, 6.07) is 8.40. The van der Waals surface area contributed by atoms with Crippen LogP contribution in [0.15, 0.2) is 24.3 Å². The lowest BCUT2D eigenvalue weighted by molar-refractivity contribution is 0.147. The summed E-state index contributed by atoms with van der Waals surface area (Å²) in [5.74, 6) is 0.934. The molecule has 0 saturated heterocycles. The normalized spacial score (nSPS) is 25.4. The van der Waals surface area contributed by atoms with Crippen LogP contribution in [0.1, 0.15) is 31.2 Å². The molecular weight excluding hydrogens is 200 g/mol. The zero-order chi connectivity index (χ0) is 11.4. The second-order valence-corrected chi connectivity index (χ2v) is 4.51. The fourth-order valence-electron chi connectivity index (χ4n) is 2.14. The van der Waals surface area contributed by atoms with Gasteiger partial charge in [0.1, 0.15) is 5.75 Å². The van der Waals surface area contributed by atoms with Gasteiger partial charge in [-0.25, -0.2) is 0 Å². The number of nitrogens with two attached hydrogens (primary N) is 2. The van der Waals surface area contributed by atoms with Gasteiger partial charge in [0.25, 0.3) is 0 Å². The van der Waals surface area contributed by atoms with Gasteiger partial charge in [-0.15, -0.1) is 0 Å². The lowest BCUT2D eigenvalue weighted by Gasteiger charge is -2.26. The molecule has 0 unspecified atom stereocenters. The minimum Gasteiger partial charge on any atom is -0.490 e. The molecule has 1 fully saturated rings. The molecule has 1 aliphatic carbocycles. The molecule has 1 aromatic rings. The van der Waals surface area contributed by atoms with Gasteiger partial charge in [0.05, 0.1) is 6.10 Å². The summed E-state index contributed by atoms with van der Waals surface area (Å²) < 4.78 is 5.94. The molecule has 88 valence electrons. The molecule has 0 aromatic heterocycles. The van der Waals surface area contributed by atoms with Crippen molar-refractivity contribution in [1.29, 1.82) is 0 Å². The summed E-state index contributed by atoms with van der Waals surface area (Å²) in [6.45, 7) is 0.562. The SMILES string of the molecule is NCc1cccc(OC2CCC(N)CC2)c1. The third-order valence-corrected chi connectivity index (χ3v) is 3.16. The van der Waals surface area contributed by atoms with E-state index in [0.717, 1.165) is 37.0 Å². The Kier molecular flexibility index (Phi) is 3.80. The zero-order valence-corrected chi connectivity index (χ0v) is 9.56. The maximum Gasteiger partial charge on any atom is 0.120 e. The Labute approximate surface area is 96.8 Å². The van der Waals surface area contributed by atoms with Gasteiger partial charge >= 0.3 is 0 Å². The Balaban J connectivity index is 1.93. The van der Waals surface area contributed by atoms with E-state index in [1.54, 1.807) is 0 Å². The molecule has 0 radical (unpaired) electrons. The van der Waals surface area contributed by atoms with Crippen molar-refractivity contribution in [3.05, 3.63) is 29.8 Å². The number of rotatable bonds is 3. The molecule has 0 heterocycles. The molecule has 0 atom stereocenters. The molecule has 3 nitrogen and oxygen atoms in total. The molecule has 1 saturated carbocycles. The predicted octanol–water partition coefficient (Wildman–Crippen LogP) is 1.79. The number of ether oxygens (including phenoxy) is 1. The quantitative estimate of drug-likeness (QED) is 0.816. The number of hydrogen-bond donors (Lipinski definition) is 2. The Bertz CT molecular complexity index is 332. The van der Waals surface area contributed by atoms with Crippen LogP contribution in [0.5, 0.6) is 5.75 Å². The Hall–Kier alpha value is -1.06. The molecule has 1 aromatic carbocycles. The van der Waals surface area contributed by atoms with Gasteiger partial charge in [0, 0.05) is 12.6 Å². The average Bonchev–Trinajstić information content (AvgIpc) is 2.32. The van der Waals surface area contributed by atoms with Crippen LogP contribution in [0.3, 0.4) is 0 Å². The van der Waals surface area contributed by atoms with Crippen LogP contribution in [0, 0.1) is 0 Å². The van der Waals surface area contributed by atoms with Crippen molar-refractivity contribution in [3.63, 3.8) is 0 Å². The fourth-order valence-corrected chi connectivity index (χ4v) is 2.14. The third-order valence-electron chi connectivity index (χ3n) is 3.16. The van der Waals surface area contributed by atoms with Gasteiger partial charge in [0.15, 0.2) is 0 Å². The summed E-state index contributed by atoms with van der Waals surface area (Å²) in [6.07, 6.45) is 4.60. The van der Waals surface area contributed by atoms with Crippen molar-refractivity contribution < 1.29 is 4.74 Å². The Morgan fingerprint density at radius 2 is 1.94 bits per heavy atom. The standard InChI is InChI=1S/C13H20N2O/c14-9-10-2-1-3-13(8-10)16-12-6-4-11(15)5-7-12/h1-3,8,11-12H,4-7,9,14-15H2. The number of hydrogen-bond acceptors (Lipinski definition) is 3. The van der Waals surface area contributed by atoms with Crippen LogP contribution in [0.4, 0.5) is 0 Å². The van der Waals surface area contributed by atoms with Crippen LogP contribution in [0.25, 0.3) is 0 Å². The van der Waals surface area contributed by atoms with Gasteiger partial charge in [0.2, 0.25) is 0 Å². The summed E-state index contributed by atoms with van der Waals surface area (Å²) in [5, 5.41) is 0. The largest absolute Gasteiger partial charge is 0.490 e. The first-order valence-corrected chi connectivity index (χ1v) is 5.99. The molecule has 16 heavy (non-hydrogen) atoms. The molecular formula is C13H20N2O. The lowest BCUT2D eigenvalue weighted by Crippen LogP contribution is -2.31. The van der Waals surface area contributed by atoms with Gasteiger partial charge in [-0.1, -0.05) is 12.1 Å². The van der Waals surface area contributed by atoms with Crippen LogP contribution in [0.2, 0.25) is 0 Å². The topological polar surface area (TPSA) is 61.3 Å². The van der Waals surface area contributed by atoms with Gasteiger partial charge in [-0.2, -0.15) is 0 Å². The highest BCUT2D eigenvalue weighted by atomic mass is 16.5. The highest BCUT2D eigenvalue weighted by molar-refractivity contribution is 5.28. The minimum atomic E-state index is 0.327. The molecule has 0 spiro atoms. The van der Waals surface area contributed by atoms with Gasteiger partial charge < -0.3 is 16.2 Å². The lowest BCUT2D eigenvalue weighted by atomic mass is 9.94. The van der Waals surface area contributed by atoms with Crippen LogP contribution in [-0.4, -0.2) is 12.1 Å². The fraction of sp³-hybridized carbons (Fsp3) is 0.538. The molecule has 0 aliphatic heterocycles. The van der Waals surface area contributed by atoms with E-state index in [0.29, 0.717) is 18.7 Å². The first-order valence-electron chi connectivity index (χ1n) is 5.99. The van der Waals surface area contributed by atoms with Crippen LogP contribution >= 0.6 is 0 Å². The van der Waals surface area contributed by atoms with Crippen molar-refractivity contribution in [2.24, 2.45) is 11.5 Å². The van der Waals surface area contributed by atoms with Gasteiger partial charge in [-0.3, -0.25) is 0 Å². The maximum atomic E-state index is 5.94. The van der Waals surface area contributed by atoms with Crippen molar-refractivity contribution >= 4 is 0 Å². The third kappa shape index (κ3) is 2.97. The molecule has 0 amide bonds. The second kappa shape index (κ2) is 5.32. The zero-order valence-electron chi connectivity index (χ0n) is 9.56. The van der Waals surface area contributed by atoms with E-state index in [2.05, 4.69) is 0 Å². The van der Waals surface area contributed by atoms with Crippen LogP contribution < -0.4 is 16.2 Å². The Morgan fingerprint density at radius 1 is 1.19 bits per heavy atom. The first kappa shape index (κ1) is 11.4. The maximum absolute atomic E-state index is 5.94. The highest BCUT2D eigenvalue weighted by Gasteiger charge is 2.19. The summed E-state index contributed by atoms with van der Waals surface area (Å²) in [7, 11) is 0. The Morgan fingerprint density at radius 3 is 2.62 bits per heavy atom. The van der Waals surface area contributed by atoms with E-state index in [1.807, 2.05) is 24.3 Å². The van der Waals surface area contributed by atoms with E-state index in [1.165, 1.54) is 0 Å². The van der Waals surface area contributed by atoms with Crippen molar-refractivity contribution in [2.45, 2.75) is 44.4 Å². The van der Waals surface area contributed by atoms with Gasteiger partial charge in [-0.05, 0) is 43.4 Å². The second-order valence-electron chi connectivity index (χ2n) is 4.51. The van der Waals surface area contributed by atoms with E-state index < -0.39 is 0 Å². The monoisotopic (exact) mass is 220 g/mol. The molecule has 4 N–H and O–H groups in total. The summed E-state index contributed by atoms with van der Waals surface area (Å²) in [5.41, 5.74) is 12.6. The minimum absolute atomic E-state index is 0.327. The smallest absolute Gasteiger partial charge is 0.120 e. The molecule has 3 heteroatoms.